The summed E-state index contributed by atoms with van der Waals surface area (Å²) >= 11 is 0. The van der Waals surface area contributed by atoms with Crippen molar-refractivity contribution in [3.05, 3.63) is 29.8 Å². The summed E-state index contributed by atoms with van der Waals surface area (Å²) in [6.45, 7) is 4.71. The number of benzene rings is 1. The largest absolute Gasteiger partial charge is 0.391 e. The SMILES string of the molecule is CCCC(O)CNC(=O)C1CC(=O)N(c2ccccc2CC)C1. The summed E-state index contributed by atoms with van der Waals surface area (Å²) in [5, 5.41) is 12.5. The average molecular weight is 318 g/mol. The van der Waals surface area contributed by atoms with Crippen LogP contribution in [-0.4, -0.2) is 36.1 Å². The minimum atomic E-state index is -0.516. The number of aliphatic hydroxyl groups is 1. The van der Waals surface area contributed by atoms with Gasteiger partial charge in [-0.25, -0.2) is 0 Å². The van der Waals surface area contributed by atoms with Crippen LogP contribution in [0.4, 0.5) is 5.69 Å². The van der Waals surface area contributed by atoms with Gasteiger partial charge in [0, 0.05) is 25.2 Å². The van der Waals surface area contributed by atoms with Crippen LogP contribution < -0.4 is 10.2 Å². The van der Waals surface area contributed by atoms with E-state index in [1.54, 1.807) is 4.90 Å². The number of anilines is 1. The number of amides is 2. The van der Waals surface area contributed by atoms with Crippen LogP contribution in [0.3, 0.4) is 0 Å². The van der Waals surface area contributed by atoms with Gasteiger partial charge in [0.2, 0.25) is 11.8 Å². The highest BCUT2D eigenvalue weighted by Gasteiger charge is 2.35. The van der Waals surface area contributed by atoms with Crippen LogP contribution in [0.1, 0.15) is 38.7 Å². The summed E-state index contributed by atoms with van der Waals surface area (Å²) in [4.78, 5) is 26.2. The minimum absolute atomic E-state index is 0.0137. The standard InChI is InChI=1S/C18H26N2O3/c1-3-7-15(21)11-19-18(23)14-10-17(22)20(12-14)16-9-6-5-8-13(16)4-2/h5-6,8-9,14-15,21H,3-4,7,10-12H2,1-2H3,(H,19,23). The number of hydrogen-bond donors (Lipinski definition) is 2. The van der Waals surface area contributed by atoms with Crippen LogP contribution in [-0.2, 0) is 16.0 Å². The first-order valence-electron chi connectivity index (χ1n) is 8.40. The highest BCUT2D eigenvalue weighted by Crippen LogP contribution is 2.28. The lowest BCUT2D eigenvalue weighted by atomic mass is 10.1. The van der Waals surface area contributed by atoms with Gasteiger partial charge in [-0.3, -0.25) is 9.59 Å². The van der Waals surface area contributed by atoms with Crippen LogP contribution in [0.15, 0.2) is 24.3 Å². The van der Waals surface area contributed by atoms with Crippen molar-refractivity contribution in [2.75, 3.05) is 18.0 Å². The van der Waals surface area contributed by atoms with Gasteiger partial charge in [-0.2, -0.15) is 0 Å². The fourth-order valence-electron chi connectivity index (χ4n) is 2.99. The molecule has 5 heteroatoms. The molecule has 23 heavy (non-hydrogen) atoms. The number of hydrogen-bond acceptors (Lipinski definition) is 3. The molecule has 2 atom stereocenters. The van der Waals surface area contributed by atoms with Crippen molar-refractivity contribution < 1.29 is 14.7 Å². The van der Waals surface area contributed by atoms with Gasteiger partial charge < -0.3 is 15.3 Å². The van der Waals surface area contributed by atoms with Gasteiger partial charge in [0.15, 0.2) is 0 Å². The molecule has 1 aromatic rings. The van der Waals surface area contributed by atoms with Crippen LogP contribution in [0.2, 0.25) is 0 Å². The average Bonchev–Trinajstić information content (AvgIpc) is 2.94. The van der Waals surface area contributed by atoms with Crippen molar-refractivity contribution in [3.8, 4) is 0 Å². The van der Waals surface area contributed by atoms with E-state index in [0.29, 0.717) is 13.0 Å². The molecule has 0 aromatic heterocycles. The molecule has 5 nitrogen and oxygen atoms in total. The second-order valence-electron chi connectivity index (χ2n) is 6.08. The lowest BCUT2D eigenvalue weighted by Crippen LogP contribution is -2.37. The van der Waals surface area contributed by atoms with Crippen molar-refractivity contribution in [1.82, 2.24) is 5.32 Å². The Balaban J connectivity index is 1.98. The molecule has 0 radical (unpaired) electrons. The molecule has 1 saturated heterocycles. The summed E-state index contributed by atoms with van der Waals surface area (Å²) < 4.78 is 0. The Bertz CT molecular complexity index is 559. The molecule has 0 aliphatic carbocycles. The molecule has 2 rings (SSSR count). The van der Waals surface area contributed by atoms with Crippen LogP contribution >= 0.6 is 0 Å². The fraction of sp³-hybridized carbons (Fsp3) is 0.556. The van der Waals surface area contributed by atoms with Gasteiger partial charge in [0.05, 0.1) is 12.0 Å². The van der Waals surface area contributed by atoms with Gasteiger partial charge in [-0.1, -0.05) is 38.5 Å². The molecule has 1 aliphatic rings. The number of nitrogens with zero attached hydrogens (tertiary/aromatic N) is 1. The third kappa shape index (κ3) is 4.32. The number of carbonyl (C=O) groups is 2. The number of rotatable bonds is 7. The number of aryl methyl sites for hydroxylation is 1. The second-order valence-corrected chi connectivity index (χ2v) is 6.08. The Morgan fingerprint density at radius 2 is 2.13 bits per heavy atom. The van der Waals surface area contributed by atoms with E-state index < -0.39 is 6.10 Å². The molecule has 1 fully saturated rings. The summed E-state index contributed by atoms with van der Waals surface area (Å²) in [5.74, 6) is -0.508. The van der Waals surface area contributed by atoms with Gasteiger partial charge in [-0.05, 0) is 24.5 Å². The van der Waals surface area contributed by atoms with Crippen LogP contribution in [0, 0.1) is 5.92 Å². The van der Waals surface area contributed by atoms with E-state index in [-0.39, 0.29) is 30.7 Å². The number of para-hydroxylation sites is 1. The second kappa shape index (κ2) is 8.11. The van der Waals surface area contributed by atoms with E-state index >= 15 is 0 Å². The van der Waals surface area contributed by atoms with Gasteiger partial charge >= 0.3 is 0 Å². The third-order valence-corrected chi connectivity index (χ3v) is 4.29. The molecule has 0 bridgehead atoms. The molecule has 0 spiro atoms. The summed E-state index contributed by atoms with van der Waals surface area (Å²) in [7, 11) is 0. The molecule has 2 N–H and O–H groups in total. The maximum atomic E-state index is 12.3. The smallest absolute Gasteiger partial charge is 0.227 e. The van der Waals surface area contributed by atoms with E-state index in [4.69, 9.17) is 0 Å². The molecule has 2 amide bonds. The molecule has 2 unspecified atom stereocenters. The van der Waals surface area contributed by atoms with Crippen LogP contribution in [0.5, 0.6) is 0 Å². The maximum absolute atomic E-state index is 12.3. The zero-order valence-corrected chi connectivity index (χ0v) is 13.9. The quantitative estimate of drug-likeness (QED) is 0.806. The van der Waals surface area contributed by atoms with Gasteiger partial charge in [0.25, 0.3) is 0 Å². The van der Waals surface area contributed by atoms with Crippen molar-refractivity contribution in [2.24, 2.45) is 5.92 Å². The predicted octanol–water partition coefficient (Wildman–Crippen LogP) is 1.88. The molecule has 1 aromatic carbocycles. The maximum Gasteiger partial charge on any atom is 0.227 e. The third-order valence-electron chi connectivity index (χ3n) is 4.29. The molecular formula is C18H26N2O3. The number of carbonyl (C=O) groups excluding carboxylic acids is 2. The Hall–Kier alpha value is -1.88. The lowest BCUT2D eigenvalue weighted by Gasteiger charge is -2.20. The van der Waals surface area contributed by atoms with E-state index in [0.717, 1.165) is 24.1 Å². The molecule has 1 aliphatic heterocycles. The highest BCUT2D eigenvalue weighted by molar-refractivity contribution is 6.00. The van der Waals surface area contributed by atoms with Crippen molar-refractivity contribution >= 4 is 17.5 Å². The fourth-order valence-corrected chi connectivity index (χ4v) is 2.99. The molecule has 1 heterocycles. The summed E-state index contributed by atoms with van der Waals surface area (Å²) in [5.41, 5.74) is 2.02. The monoisotopic (exact) mass is 318 g/mol. The molecular weight excluding hydrogens is 292 g/mol. The lowest BCUT2D eigenvalue weighted by molar-refractivity contribution is -0.126. The molecule has 0 saturated carbocycles. The highest BCUT2D eigenvalue weighted by atomic mass is 16.3. The van der Waals surface area contributed by atoms with Crippen molar-refractivity contribution in [2.45, 2.75) is 45.6 Å². The Kier molecular flexibility index (Phi) is 6.16. The first kappa shape index (κ1) is 17.5. The van der Waals surface area contributed by atoms with Gasteiger partial charge in [0.1, 0.15) is 0 Å². The number of nitrogens with one attached hydrogen (secondary N) is 1. The van der Waals surface area contributed by atoms with Gasteiger partial charge in [-0.15, -0.1) is 0 Å². The van der Waals surface area contributed by atoms with Crippen LogP contribution in [0.25, 0.3) is 0 Å². The van der Waals surface area contributed by atoms with E-state index in [1.165, 1.54) is 0 Å². The van der Waals surface area contributed by atoms with E-state index in [2.05, 4.69) is 12.2 Å². The zero-order valence-electron chi connectivity index (χ0n) is 13.9. The Labute approximate surface area is 137 Å². The van der Waals surface area contributed by atoms with E-state index in [1.807, 2.05) is 31.2 Å². The Morgan fingerprint density at radius 3 is 2.83 bits per heavy atom. The van der Waals surface area contributed by atoms with E-state index in [9.17, 15) is 14.7 Å². The molecule has 126 valence electrons. The summed E-state index contributed by atoms with van der Waals surface area (Å²) in [6, 6.07) is 7.82. The zero-order chi connectivity index (χ0) is 16.8. The topological polar surface area (TPSA) is 69.6 Å². The normalized spacial score (nSPS) is 19.0. The van der Waals surface area contributed by atoms with Crippen molar-refractivity contribution in [1.29, 1.82) is 0 Å². The minimum Gasteiger partial charge on any atom is -0.391 e. The first-order valence-corrected chi connectivity index (χ1v) is 8.40. The summed E-state index contributed by atoms with van der Waals surface area (Å²) in [6.07, 6.45) is 2.10. The Morgan fingerprint density at radius 1 is 1.39 bits per heavy atom. The predicted molar refractivity (Wildman–Crippen MR) is 90.2 cm³/mol. The first-order chi connectivity index (χ1) is 11.1. The van der Waals surface area contributed by atoms with Crippen molar-refractivity contribution in [3.63, 3.8) is 0 Å². The number of aliphatic hydroxyl groups excluding tert-OH is 1.